The largest absolute Gasteiger partial charge is 0.293 e. The smallest absolute Gasteiger partial charge is 0.186 e. The van der Waals surface area contributed by atoms with Crippen LogP contribution in [0.15, 0.2) is 40.2 Å². The molecule has 0 amide bonds. The maximum absolute atomic E-state index is 11.9. The fourth-order valence-electron chi connectivity index (χ4n) is 1.29. The predicted octanol–water partition coefficient (Wildman–Crippen LogP) is 2.55. The number of aryl methyl sites for hydroxylation is 1. The Labute approximate surface area is 112 Å². The van der Waals surface area contributed by atoms with Crippen LogP contribution in [0.5, 0.6) is 0 Å². The summed E-state index contributed by atoms with van der Waals surface area (Å²) in [4.78, 5) is 16.0. The molecule has 4 nitrogen and oxygen atoms in total. The second-order valence-electron chi connectivity index (χ2n) is 3.39. The number of rotatable bonds is 4. The number of thioether (sulfide) groups is 1. The molecule has 0 bridgehead atoms. The number of Topliss-reactive ketones (excluding diaryl/α,β-unsaturated/α-hetero) is 1. The molecule has 6 heteroatoms. The van der Waals surface area contributed by atoms with Crippen LogP contribution in [0.4, 0.5) is 0 Å². The summed E-state index contributed by atoms with van der Waals surface area (Å²) in [5, 5.41) is 4.69. The SMILES string of the molecule is Cn1ncnc1SCC(=O)c1cccc(Br)c1. The van der Waals surface area contributed by atoms with Crippen LogP contribution in [0.3, 0.4) is 0 Å². The molecule has 0 spiro atoms. The van der Waals surface area contributed by atoms with Crippen molar-refractivity contribution in [2.45, 2.75) is 5.16 Å². The van der Waals surface area contributed by atoms with Crippen LogP contribution in [-0.2, 0) is 7.05 Å². The quantitative estimate of drug-likeness (QED) is 0.643. The highest BCUT2D eigenvalue weighted by Crippen LogP contribution is 2.17. The van der Waals surface area contributed by atoms with Crippen LogP contribution < -0.4 is 0 Å². The first-order chi connectivity index (χ1) is 8.16. The fourth-order valence-corrected chi connectivity index (χ4v) is 2.47. The van der Waals surface area contributed by atoms with Gasteiger partial charge in [-0.1, -0.05) is 39.8 Å². The number of nitrogens with zero attached hydrogens (tertiary/aromatic N) is 3. The second-order valence-corrected chi connectivity index (χ2v) is 5.25. The molecule has 0 fully saturated rings. The molecule has 2 aromatic rings. The first-order valence-corrected chi connectivity index (χ1v) is 6.70. The van der Waals surface area contributed by atoms with Gasteiger partial charge < -0.3 is 0 Å². The van der Waals surface area contributed by atoms with Crippen molar-refractivity contribution >= 4 is 33.5 Å². The Morgan fingerprint density at radius 2 is 2.35 bits per heavy atom. The van der Waals surface area contributed by atoms with Gasteiger partial charge in [-0.15, -0.1) is 0 Å². The van der Waals surface area contributed by atoms with Gasteiger partial charge in [0.15, 0.2) is 10.9 Å². The first kappa shape index (κ1) is 12.3. The number of hydrogen-bond acceptors (Lipinski definition) is 4. The minimum absolute atomic E-state index is 0.0827. The summed E-state index contributed by atoms with van der Waals surface area (Å²) in [6, 6.07) is 7.38. The van der Waals surface area contributed by atoms with E-state index in [-0.39, 0.29) is 5.78 Å². The molecule has 0 atom stereocenters. The lowest BCUT2D eigenvalue weighted by Crippen LogP contribution is -2.03. The van der Waals surface area contributed by atoms with E-state index in [1.54, 1.807) is 11.7 Å². The number of benzene rings is 1. The summed E-state index contributed by atoms with van der Waals surface area (Å²) in [6.45, 7) is 0. The zero-order chi connectivity index (χ0) is 12.3. The number of halogens is 1. The summed E-state index contributed by atoms with van der Waals surface area (Å²) >= 11 is 4.73. The van der Waals surface area contributed by atoms with Gasteiger partial charge in [-0.3, -0.25) is 4.79 Å². The molecular weight excluding hydrogens is 302 g/mol. The van der Waals surface area contributed by atoms with Gasteiger partial charge in [0.25, 0.3) is 0 Å². The third-order valence-electron chi connectivity index (χ3n) is 2.15. The van der Waals surface area contributed by atoms with Crippen molar-refractivity contribution < 1.29 is 4.79 Å². The van der Waals surface area contributed by atoms with Crippen molar-refractivity contribution in [3.05, 3.63) is 40.6 Å². The van der Waals surface area contributed by atoms with E-state index in [1.807, 2.05) is 24.3 Å². The molecule has 0 radical (unpaired) electrons. The average molecular weight is 312 g/mol. The van der Waals surface area contributed by atoms with Gasteiger partial charge in [0.2, 0.25) is 0 Å². The maximum Gasteiger partial charge on any atom is 0.186 e. The Kier molecular flexibility index (Phi) is 3.96. The molecule has 0 saturated heterocycles. The van der Waals surface area contributed by atoms with Crippen LogP contribution >= 0.6 is 27.7 Å². The van der Waals surface area contributed by atoms with E-state index in [1.165, 1.54) is 18.1 Å². The molecule has 1 aromatic heterocycles. The van der Waals surface area contributed by atoms with Crippen molar-refractivity contribution in [2.75, 3.05) is 5.75 Å². The average Bonchev–Trinajstić information content (AvgIpc) is 2.72. The van der Waals surface area contributed by atoms with Gasteiger partial charge in [-0.2, -0.15) is 5.10 Å². The van der Waals surface area contributed by atoms with E-state index in [0.29, 0.717) is 11.3 Å². The van der Waals surface area contributed by atoms with Crippen molar-refractivity contribution in [1.29, 1.82) is 0 Å². The topological polar surface area (TPSA) is 47.8 Å². The van der Waals surface area contributed by atoms with Gasteiger partial charge in [-0.05, 0) is 12.1 Å². The van der Waals surface area contributed by atoms with E-state index < -0.39 is 0 Å². The van der Waals surface area contributed by atoms with Crippen LogP contribution in [0.1, 0.15) is 10.4 Å². The van der Waals surface area contributed by atoms with Crippen molar-refractivity contribution in [3.8, 4) is 0 Å². The monoisotopic (exact) mass is 311 g/mol. The molecule has 1 aromatic carbocycles. The number of carbonyl (C=O) groups is 1. The third-order valence-corrected chi connectivity index (χ3v) is 3.68. The lowest BCUT2D eigenvalue weighted by molar-refractivity contribution is 0.102. The Hall–Kier alpha value is -1.14. The van der Waals surface area contributed by atoms with E-state index in [2.05, 4.69) is 26.0 Å². The van der Waals surface area contributed by atoms with E-state index in [0.717, 1.165) is 9.63 Å². The Balaban J connectivity index is 2.01. The maximum atomic E-state index is 11.9. The zero-order valence-electron chi connectivity index (χ0n) is 9.13. The first-order valence-electron chi connectivity index (χ1n) is 4.92. The van der Waals surface area contributed by atoms with Gasteiger partial charge in [0.05, 0.1) is 5.75 Å². The summed E-state index contributed by atoms with van der Waals surface area (Å²) in [5.74, 6) is 0.447. The minimum Gasteiger partial charge on any atom is -0.293 e. The Bertz CT molecular complexity index is 541. The highest BCUT2D eigenvalue weighted by Gasteiger charge is 2.09. The standard InChI is InChI=1S/C11H10BrN3OS/c1-15-11(13-7-14-15)17-6-10(16)8-3-2-4-9(12)5-8/h2-5,7H,6H2,1H3. The van der Waals surface area contributed by atoms with Crippen LogP contribution in [0.25, 0.3) is 0 Å². The van der Waals surface area contributed by atoms with Crippen LogP contribution in [-0.4, -0.2) is 26.3 Å². The van der Waals surface area contributed by atoms with Crippen molar-refractivity contribution in [2.24, 2.45) is 7.05 Å². The van der Waals surface area contributed by atoms with Gasteiger partial charge in [0.1, 0.15) is 6.33 Å². The zero-order valence-corrected chi connectivity index (χ0v) is 11.5. The minimum atomic E-state index is 0.0827. The molecule has 17 heavy (non-hydrogen) atoms. The second kappa shape index (κ2) is 5.46. The van der Waals surface area contributed by atoms with E-state index in [4.69, 9.17) is 0 Å². The Morgan fingerprint density at radius 1 is 1.53 bits per heavy atom. The normalized spacial score (nSPS) is 10.5. The molecule has 88 valence electrons. The molecule has 0 aliphatic heterocycles. The molecule has 0 unspecified atom stereocenters. The molecule has 2 rings (SSSR count). The van der Waals surface area contributed by atoms with Crippen LogP contribution in [0.2, 0.25) is 0 Å². The Morgan fingerprint density at radius 3 is 3.00 bits per heavy atom. The number of ketones is 1. The van der Waals surface area contributed by atoms with Crippen LogP contribution in [0, 0.1) is 0 Å². The highest BCUT2D eigenvalue weighted by molar-refractivity contribution is 9.10. The fraction of sp³-hybridized carbons (Fsp3) is 0.182. The van der Waals surface area contributed by atoms with Gasteiger partial charge in [0, 0.05) is 17.1 Å². The molecule has 0 saturated carbocycles. The molecule has 1 heterocycles. The van der Waals surface area contributed by atoms with Crippen molar-refractivity contribution in [3.63, 3.8) is 0 Å². The summed E-state index contributed by atoms with van der Waals surface area (Å²) < 4.78 is 2.56. The van der Waals surface area contributed by atoms with E-state index in [9.17, 15) is 4.79 Å². The lowest BCUT2D eigenvalue weighted by Gasteiger charge is -2.01. The highest BCUT2D eigenvalue weighted by atomic mass is 79.9. The number of aromatic nitrogens is 3. The molecule has 0 aliphatic carbocycles. The predicted molar refractivity (Wildman–Crippen MR) is 70.2 cm³/mol. The number of hydrogen-bond donors (Lipinski definition) is 0. The van der Waals surface area contributed by atoms with Gasteiger partial charge >= 0.3 is 0 Å². The molecule has 0 aliphatic rings. The lowest BCUT2D eigenvalue weighted by atomic mass is 10.2. The third kappa shape index (κ3) is 3.17. The molecular formula is C11H10BrN3OS. The summed E-state index contributed by atoms with van der Waals surface area (Å²) in [6.07, 6.45) is 1.48. The van der Waals surface area contributed by atoms with E-state index >= 15 is 0 Å². The van der Waals surface area contributed by atoms with Gasteiger partial charge in [-0.25, -0.2) is 9.67 Å². The number of carbonyl (C=O) groups excluding carboxylic acids is 1. The summed E-state index contributed by atoms with van der Waals surface area (Å²) in [5.41, 5.74) is 0.703. The summed E-state index contributed by atoms with van der Waals surface area (Å²) in [7, 11) is 1.80. The van der Waals surface area contributed by atoms with Crippen molar-refractivity contribution in [1.82, 2.24) is 14.8 Å². The molecule has 0 N–H and O–H groups in total.